The predicted molar refractivity (Wildman–Crippen MR) is 47.9 cm³/mol. The van der Waals surface area contributed by atoms with Crippen molar-refractivity contribution in [2.45, 2.75) is 11.8 Å². The second kappa shape index (κ2) is 3.87. The molecule has 0 bridgehead atoms. The van der Waals surface area contributed by atoms with Crippen LogP contribution >= 0.6 is 15.9 Å². The molecular formula is C7H7BrF2N2O. The molecular weight excluding hydrogens is 246 g/mol. The monoisotopic (exact) mass is 252 g/mol. The topological polar surface area (TPSA) is 59.1 Å². The smallest absolute Gasteiger partial charge is 0.282 e. The lowest BCUT2D eigenvalue weighted by molar-refractivity contribution is 0.146. The van der Waals surface area contributed by atoms with Crippen LogP contribution in [0.15, 0.2) is 6.07 Å². The van der Waals surface area contributed by atoms with Crippen LogP contribution < -0.4 is 5.73 Å². The predicted octanol–water partition coefficient (Wildman–Crippen LogP) is 2.20. The van der Waals surface area contributed by atoms with Gasteiger partial charge in [-0.1, -0.05) is 15.9 Å². The second-order valence-corrected chi connectivity index (χ2v) is 2.92. The van der Waals surface area contributed by atoms with Crippen molar-refractivity contribution in [2.75, 3.05) is 5.73 Å². The van der Waals surface area contributed by atoms with Gasteiger partial charge in [-0.2, -0.15) is 0 Å². The molecule has 0 amide bonds. The van der Waals surface area contributed by atoms with Gasteiger partial charge in [0.15, 0.2) is 0 Å². The molecule has 1 rings (SSSR count). The summed E-state index contributed by atoms with van der Waals surface area (Å²) in [5, 5.41) is 9.39. The molecule has 3 nitrogen and oxygen atoms in total. The quantitative estimate of drug-likeness (QED) is 0.794. The maximum absolute atomic E-state index is 12.2. The minimum absolute atomic E-state index is 0.157. The number of halogens is 3. The van der Waals surface area contributed by atoms with Gasteiger partial charge in [0, 0.05) is 11.4 Å². The average Bonchev–Trinajstić information content (AvgIpc) is 2.03. The number of nitrogen functional groups attached to an aromatic ring is 1. The molecule has 0 saturated carbocycles. The summed E-state index contributed by atoms with van der Waals surface area (Å²) in [7, 11) is 0. The van der Waals surface area contributed by atoms with Crippen molar-refractivity contribution in [3.8, 4) is 5.75 Å². The Hall–Kier alpha value is -0.910. The van der Waals surface area contributed by atoms with Crippen LogP contribution in [0.25, 0.3) is 0 Å². The first-order valence-electron chi connectivity index (χ1n) is 3.38. The van der Waals surface area contributed by atoms with Crippen LogP contribution in [-0.4, -0.2) is 10.1 Å². The van der Waals surface area contributed by atoms with Crippen LogP contribution in [-0.2, 0) is 5.33 Å². The summed E-state index contributed by atoms with van der Waals surface area (Å²) >= 11 is 3.01. The first-order valence-corrected chi connectivity index (χ1v) is 4.50. The van der Waals surface area contributed by atoms with Gasteiger partial charge in [0.2, 0.25) is 0 Å². The first-order chi connectivity index (χ1) is 6.06. The Balaban J connectivity index is 3.22. The number of aromatic hydroxyl groups is 1. The number of hydrogen-bond acceptors (Lipinski definition) is 3. The van der Waals surface area contributed by atoms with E-state index in [9.17, 15) is 13.9 Å². The number of anilines is 1. The summed E-state index contributed by atoms with van der Waals surface area (Å²) in [4.78, 5) is 3.52. The van der Waals surface area contributed by atoms with Crippen molar-refractivity contribution < 1.29 is 13.9 Å². The van der Waals surface area contributed by atoms with Gasteiger partial charge in [0.25, 0.3) is 6.43 Å². The Bertz CT molecular complexity index is 320. The average molecular weight is 253 g/mol. The summed E-state index contributed by atoms with van der Waals surface area (Å²) < 4.78 is 24.5. The molecule has 1 heterocycles. The molecule has 72 valence electrons. The van der Waals surface area contributed by atoms with E-state index in [1.807, 2.05) is 0 Å². The van der Waals surface area contributed by atoms with E-state index < -0.39 is 12.1 Å². The Morgan fingerprint density at radius 1 is 1.62 bits per heavy atom. The van der Waals surface area contributed by atoms with E-state index in [-0.39, 0.29) is 22.5 Å². The molecule has 0 radical (unpaired) electrons. The highest BCUT2D eigenvalue weighted by molar-refractivity contribution is 9.08. The van der Waals surface area contributed by atoms with E-state index in [2.05, 4.69) is 20.9 Å². The Morgan fingerprint density at radius 2 is 2.23 bits per heavy atom. The van der Waals surface area contributed by atoms with Crippen molar-refractivity contribution in [1.82, 2.24) is 4.98 Å². The maximum atomic E-state index is 12.2. The minimum atomic E-state index is -2.72. The minimum Gasteiger partial charge on any atom is -0.506 e. The van der Waals surface area contributed by atoms with E-state index >= 15 is 0 Å². The highest BCUT2D eigenvalue weighted by Crippen LogP contribution is 2.28. The number of aromatic nitrogens is 1. The van der Waals surface area contributed by atoms with Gasteiger partial charge in [-0.15, -0.1) is 0 Å². The molecule has 0 aliphatic carbocycles. The van der Waals surface area contributed by atoms with E-state index in [1.54, 1.807) is 0 Å². The molecule has 0 aromatic carbocycles. The Kier molecular flexibility index (Phi) is 3.02. The molecule has 0 atom stereocenters. The number of nitrogens with two attached hydrogens (primary N) is 1. The van der Waals surface area contributed by atoms with Gasteiger partial charge in [0.05, 0.1) is 11.4 Å². The third-order valence-corrected chi connectivity index (χ3v) is 2.00. The van der Waals surface area contributed by atoms with Gasteiger partial charge in [0.1, 0.15) is 11.4 Å². The van der Waals surface area contributed by atoms with Gasteiger partial charge in [-0.3, -0.25) is 0 Å². The maximum Gasteiger partial charge on any atom is 0.282 e. The third-order valence-electron chi connectivity index (χ3n) is 1.47. The van der Waals surface area contributed by atoms with Crippen LogP contribution in [0.1, 0.15) is 17.8 Å². The molecule has 6 heteroatoms. The van der Waals surface area contributed by atoms with E-state index in [1.165, 1.54) is 0 Å². The van der Waals surface area contributed by atoms with Crippen LogP contribution in [0, 0.1) is 0 Å². The lowest BCUT2D eigenvalue weighted by atomic mass is 10.2. The molecule has 3 N–H and O–H groups in total. The zero-order valence-corrected chi connectivity index (χ0v) is 8.05. The number of rotatable bonds is 2. The molecule has 0 fully saturated rings. The van der Waals surface area contributed by atoms with Gasteiger partial charge in [-0.05, 0) is 0 Å². The second-order valence-electron chi connectivity index (χ2n) is 2.36. The van der Waals surface area contributed by atoms with E-state index in [4.69, 9.17) is 5.73 Å². The molecule has 1 aromatic rings. The molecule has 0 aliphatic heterocycles. The van der Waals surface area contributed by atoms with Crippen molar-refractivity contribution >= 4 is 21.6 Å². The lowest BCUT2D eigenvalue weighted by Gasteiger charge is -2.06. The summed E-state index contributed by atoms with van der Waals surface area (Å²) in [5.41, 5.74) is 4.69. The molecule has 1 aromatic heterocycles. The Morgan fingerprint density at radius 3 is 2.69 bits per heavy atom. The van der Waals surface area contributed by atoms with Crippen molar-refractivity contribution in [3.63, 3.8) is 0 Å². The number of pyridine rings is 1. The summed E-state index contributed by atoms with van der Waals surface area (Å²) in [6, 6.07) is 1.07. The van der Waals surface area contributed by atoms with Crippen molar-refractivity contribution in [3.05, 3.63) is 17.5 Å². The standard InChI is InChI=1S/C7H7BrF2N2O/c8-2-4-5(13)1-3(11)6(12-4)7(9)10/h1,7,13H,2,11H2. The Labute approximate surface area is 81.7 Å². The van der Waals surface area contributed by atoms with Gasteiger partial charge in [-0.25, -0.2) is 13.8 Å². The highest BCUT2D eigenvalue weighted by Gasteiger charge is 2.16. The van der Waals surface area contributed by atoms with Crippen LogP contribution in [0.2, 0.25) is 0 Å². The van der Waals surface area contributed by atoms with Crippen LogP contribution in [0.4, 0.5) is 14.5 Å². The number of hydrogen-bond donors (Lipinski definition) is 2. The van der Waals surface area contributed by atoms with Gasteiger partial charge >= 0.3 is 0 Å². The number of nitrogens with zero attached hydrogens (tertiary/aromatic N) is 1. The van der Waals surface area contributed by atoms with Crippen LogP contribution in [0.3, 0.4) is 0 Å². The highest BCUT2D eigenvalue weighted by atomic mass is 79.9. The fourth-order valence-corrected chi connectivity index (χ4v) is 1.26. The molecule has 0 aliphatic rings. The summed E-state index contributed by atoms with van der Waals surface area (Å²) in [6.45, 7) is 0. The zero-order valence-electron chi connectivity index (χ0n) is 6.47. The summed E-state index contributed by atoms with van der Waals surface area (Å²) in [5.74, 6) is -0.182. The van der Waals surface area contributed by atoms with Crippen LogP contribution in [0.5, 0.6) is 5.75 Å². The fraction of sp³-hybridized carbons (Fsp3) is 0.286. The molecule has 0 saturated heterocycles. The van der Waals surface area contributed by atoms with Crippen molar-refractivity contribution in [1.29, 1.82) is 0 Å². The largest absolute Gasteiger partial charge is 0.506 e. The molecule has 0 unspecified atom stereocenters. The molecule has 0 spiro atoms. The summed E-state index contributed by atoms with van der Waals surface area (Å²) in [6.07, 6.45) is -2.72. The fourth-order valence-electron chi connectivity index (χ4n) is 0.845. The third kappa shape index (κ3) is 2.06. The normalized spacial score (nSPS) is 10.8. The molecule has 13 heavy (non-hydrogen) atoms. The van der Waals surface area contributed by atoms with Gasteiger partial charge < -0.3 is 10.8 Å². The number of alkyl halides is 3. The first kappa shape index (κ1) is 10.2. The van der Waals surface area contributed by atoms with E-state index in [0.717, 1.165) is 6.07 Å². The van der Waals surface area contributed by atoms with E-state index in [0.29, 0.717) is 0 Å². The SMILES string of the molecule is Nc1cc(O)c(CBr)nc1C(F)F. The van der Waals surface area contributed by atoms with Crippen molar-refractivity contribution in [2.24, 2.45) is 0 Å². The zero-order chi connectivity index (χ0) is 10.0. The lowest BCUT2D eigenvalue weighted by Crippen LogP contribution is -2.01.